The highest BCUT2D eigenvalue weighted by Gasteiger charge is 2.52. The third-order valence-electron chi connectivity index (χ3n) is 13.1. The zero-order valence-electron chi connectivity index (χ0n) is 33.2. The van der Waals surface area contributed by atoms with E-state index < -0.39 is 5.41 Å². The van der Waals surface area contributed by atoms with Crippen LogP contribution in [0.4, 0.5) is 17.1 Å². The minimum Gasteiger partial charge on any atom is -0.310 e. The molecule has 9 aromatic carbocycles. The summed E-state index contributed by atoms with van der Waals surface area (Å²) < 4.78 is 2.51. The van der Waals surface area contributed by atoms with Crippen LogP contribution in [0.1, 0.15) is 54.2 Å². The van der Waals surface area contributed by atoms with Crippen LogP contribution in [0.5, 0.6) is 0 Å². The van der Waals surface area contributed by atoms with Crippen LogP contribution >= 0.6 is 0 Å². The Hall–Kier alpha value is -7.41. The maximum absolute atomic E-state index is 9.85. The molecule has 0 amide bonds. The van der Waals surface area contributed by atoms with Gasteiger partial charge in [0, 0.05) is 27.5 Å². The van der Waals surface area contributed by atoms with Crippen LogP contribution in [0.25, 0.3) is 60.2 Å². The molecule has 1 spiro atoms. The molecule has 0 N–H and O–H groups in total. The second-order valence-corrected chi connectivity index (χ2v) is 17.2. The van der Waals surface area contributed by atoms with Gasteiger partial charge in [-0.2, -0.15) is 5.26 Å². The van der Waals surface area contributed by atoms with Gasteiger partial charge in [-0.1, -0.05) is 148 Å². The highest BCUT2D eigenvalue weighted by molar-refractivity contribution is 6.18. The summed E-state index contributed by atoms with van der Waals surface area (Å²) in [4.78, 5) is 2.40. The summed E-state index contributed by atoms with van der Waals surface area (Å²) in [5, 5.41) is 17.3. The van der Waals surface area contributed by atoms with Crippen molar-refractivity contribution in [3.8, 4) is 22.9 Å². The predicted octanol–water partition coefficient (Wildman–Crippen LogP) is 14.4. The number of hydrogen-bond donors (Lipinski definition) is 0. The molecule has 12 rings (SSSR count). The van der Waals surface area contributed by atoms with Gasteiger partial charge in [0.2, 0.25) is 0 Å². The Morgan fingerprint density at radius 3 is 1.88 bits per heavy atom. The summed E-state index contributed by atoms with van der Waals surface area (Å²) in [7, 11) is 0. The fourth-order valence-electron chi connectivity index (χ4n) is 10.6. The molecule has 0 fully saturated rings. The Balaban J connectivity index is 1.28. The second kappa shape index (κ2) is 12.1. The summed E-state index contributed by atoms with van der Waals surface area (Å²) in [6.07, 6.45) is 0. The number of benzene rings is 9. The van der Waals surface area contributed by atoms with Gasteiger partial charge in [0.25, 0.3) is 0 Å². The first-order chi connectivity index (χ1) is 28.9. The molecule has 1 atom stereocenters. The molecule has 2 aliphatic rings. The maximum atomic E-state index is 9.85. The Kier molecular flexibility index (Phi) is 6.89. The first-order valence-electron chi connectivity index (χ1n) is 20.5. The number of nitrogens with zero attached hydrogens (tertiary/aromatic N) is 3. The average Bonchev–Trinajstić information content (AvgIpc) is 3.77. The van der Waals surface area contributed by atoms with Gasteiger partial charge in [0.15, 0.2) is 0 Å². The third-order valence-corrected chi connectivity index (χ3v) is 13.1. The molecule has 0 radical (unpaired) electrons. The number of hydrogen-bond acceptors (Lipinski definition) is 2. The molecule has 1 aliphatic carbocycles. The normalized spacial score (nSPS) is 15.1. The average molecular weight is 754 g/mol. The number of aromatic nitrogens is 1. The Labute approximate surface area is 343 Å². The Morgan fingerprint density at radius 2 is 1.12 bits per heavy atom. The molecule has 59 heavy (non-hydrogen) atoms. The van der Waals surface area contributed by atoms with Crippen molar-refractivity contribution in [1.82, 2.24) is 4.57 Å². The smallest absolute Gasteiger partial charge is 0.0991 e. The van der Waals surface area contributed by atoms with E-state index in [1.807, 2.05) is 12.1 Å². The minimum atomic E-state index is -0.639. The van der Waals surface area contributed by atoms with E-state index in [1.165, 1.54) is 88.0 Å². The van der Waals surface area contributed by atoms with Crippen LogP contribution in [0.15, 0.2) is 182 Å². The first-order valence-corrected chi connectivity index (χ1v) is 20.5. The van der Waals surface area contributed by atoms with E-state index in [9.17, 15) is 5.26 Å². The van der Waals surface area contributed by atoms with E-state index in [0.29, 0.717) is 5.56 Å². The van der Waals surface area contributed by atoms with Crippen molar-refractivity contribution in [1.29, 1.82) is 5.26 Å². The molecular weight excluding hydrogens is 715 g/mol. The van der Waals surface area contributed by atoms with Crippen LogP contribution in [-0.2, 0) is 10.8 Å². The van der Waals surface area contributed by atoms with E-state index in [-0.39, 0.29) is 5.41 Å². The molecule has 3 heteroatoms. The Bertz CT molecular complexity index is 3430. The van der Waals surface area contributed by atoms with E-state index >= 15 is 0 Å². The van der Waals surface area contributed by atoms with Gasteiger partial charge >= 0.3 is 0 Å². The van der Waals surface area contributed by atoms with Crippen molar-refractivity contribution in [3.05, 3.63) is 215 Å². The van der Waals surface area contributed by atoms with Gasteiger partial charge in [0.05, 0.1) is 39.5 Å². The monoisotopic (exact) mass is 753 g/mol. The van der Waals surface area contributed by atoms with Gasteiger partial charge in [-0.15, -0.1) is 0 Å². The van der Waals surface area contributed by atoms with Crippen molar-refractivity contribution < 1.29 is 0 Å². The molecule has 1 aliphatic heterocycles. The molecule has 2 heterocycles. The maximum Gasteiger partial charge on any atom is 0.0991 e. The molecule has 0 saturated carbocycles. The molecule has 278 valence electrons. The van der Waals surface area contributed by atoms with Gasteiger partial charge in [-0.3, -0.25) is 0 Å². The molecular formula is C56H39N3. The topological polar surface area (TPSA) is 32.0 Å². The molecule has 0 saturated heterocycles. The SMILES string of the molecule is CC(C)(C)c1ccc(N(c2ccc(C#N)cc2)c2cc3c(c4ccccc24)-c2c(ccc4ccccc24)C32c3ccccc3-n3c4ccccc4c4cccc2c43)cc1. The summed E-state index contributed by atoms with van der Waals surface area (Å²) in [5.74, 6) is 0. The quantitative estimate of drug-likeness (QED) is 0.180. The third kappa shape index (κ3) is 4.46. The number of nitriles is 1. The largest absolute Gasteiger partial charge is 0.310 e. The summed E-state index contributed by atoms with van der Waals surface area (Å²) in [6.45, 7) is 6.78. The lowest BCUT2D eigenvalue weighted by atomic mass is 9.65. The summed E-state index contributed by atoms with van der Waals surface area (Å²) >= 11 is 0. The van der Waals surface area contributed by atoms with Gasteiger partial charge in [-0.25, -0.2) is 0 Å². The van der Waals surface area contributed by atoms with Crippen molar-refractivity contribution in [3.63, 3.8) is 0 Å². The van der Waals surface area contributed by atoms with Crippen molar-refractivity contribution in [2.24, 2.45) is 0 Å². The van der Waals surface area contributed by atoms with Crippen LogP contribution in [0.2, 0.25) is 0 Å². The minimum absolute atomic E-state index is 0.0108. The predicted molar refractivity (Wildman–Crippen MR) is 245 cm³/mol. The number of para-hydroxylation sites is 3. The van der Waals surface area contributed by atoms with E-state index in [2.05, 4.69) is 206 Å². The number of anilines is 3. The molecule has 1 unspecified atom stereocenters. The van der Waals surface area contributed by atoms with E-state index in [1.54, 1.807) is 0 Å². The van der Waals surface area contributed by atoms with Crippen LogP contribution in [0.3, 0.4) is 0 Å². The van der Waals surface area contributed by atoms with Crippen LogP contribution in [-0.4, -0.2) is 4.57 Å². The fourth-order valence-corrected chi connectivity index (χ4v) is 10.6. The summed E-state index contributed by atoms with van der Waals surface area (Å²) in [5.41, 5.74) is 15.9. The van der Waals surface area contributed by atoms with Crippen LogP contribution in [0, 0.1) is 11.3 Å². The molecule has 0 bridgehead atoms. The van der Waals surface area contributed by atoms with Gasteiger partial charge < -0.3 is 9.47 Å². The standard InChI is InChI=1S/C56H39N3/c1-55(2,3)37-26-30-39(31-27-37)58(38-28-23-35(34-57)24-29-38)51-33-48-53(43-17-7-6-15-41(43)51)52-40-14-5-4-13-36(40)25-32-46(52)56(48)45-19-9-11-22-50(45)59-49-21-10-8-16-42(49)44-18-12-20-47(56)54(44)59/h4-33H,1-3H3. The lowest BCUT2D eigenvalue weighted by Crippen LogP contribution is -2.33. The lowest BCUT2D eigenvalue weighted by Gasteiger charge is -2.40. The second-order valence-electron chi connectivity index (χ2n) is 17.2. The first kappa shape index (κ1) is 33.7. The summed E-state index contributed by atoms with van der Waals surface area (Å²) in [6, 6.07) is 69.5. The van der Waals surface area contributed by atoms with Gasteiger partial charge in [-0.05, 0) is 115 Å². The zero-order chi connectivity index (χ0) is 39.6. The lowest BCUT2D eigenvalue weighted by molar-refractivity contribution is 0.590. The fraction of sp³-hybridized carbons (Fsp3) is 0.0893. The van der Waals surface area contributed by atoms with Crippen molar-refractivity contribution in [2.45, 2.75) is 31.6 Å². The highest BCUT2D eigenvalue weighted by atomic mass is 15.1. The highest BCUT2D eigenvalue weighted by Crippen LogP contribution is 2.64. The Morgan fingerprint density at radius 1 is 0.508 bits per heavy atom. The van der Waals surface area contributed by atoms with E-state index in [0.717, 1.165) is 17.1 Å². The zero-order valence-corrected chi connectivity index (χ0v) is 33.2. The van der Waals surface area contributed by atoms with Crippen molar-refractivity contribution in [2.75, 3.05) is 4.90 Å². The molecule has 10 aromatic rings. The molecule has 3 nitrogen and oxygen atoms in total. The van der Waals surface area contributed by atoms with Crippen molar-refractivity contribution >= 4 is 60.4 Å². The van der Waals surface area contributed by atoms with E-state index in [4.69, 9.17) is 0 Å². The van der Waals surface area contributed by atoms with Gasteiger partial charge in [0.1, 0.15) is 0 Å². The number of rotatable bonds is 3. The van der Waals surface area contributed by atoms with Crippen LogP contribution < -0.4 is 4.90 Å². The number of fused-ring (bicyclic) bond motifs is 16. The molecule has 1 aromatic heterocycles.